The number of H-pyrrole nitrogens is 1. The van der Waals surface area contributed by atoms with Crippen LogP contribution in [-0.2, 0) is 16.1 Å². The van der Waals surface area contributed by atoms with Crippen molar-refractivity contribution < 1.29 is 9.59 Å². The number of aromatic amines is 1. The van der Waals surface area contributed by atoms with E-state index in [1.807, 2.05) is 25.1 Å². The van der Waals surface area contributed by atoms with Gasteiger partial charge in [0.15, 0.2) is 5.16 Å². The number of fused-ring (bicyclic) bond motifs is 1. The lowest BCUT2D eigenvalue weighted by atomic mass is 9.96. The van der Waals surface area contributed by atoms with Gasteiger partial charge in [-0.3, -0.25) is 19.1 Å². The first kappa shape index (κ1) is 20.2. The van der Waals surface area contributed by atoms with E-state index in [1.54, 1.807) is 36.3 Å². The van der Waals surface area contributed by atoms with Gasteiger partial charge < -0.3 is 5.32 Å². The Morgan fingerprint density at radius 3 is 2.71 bits per heavy atom. The maximum atomic E-state index is 13.4. The highest BCUT2D eigenvalue weighted by atomic mass is 32.2. The summed E-state index contributed by atoms with van der Waals surface area (Å²) in [6.45, 7) is 7.81. The molecule has 2 amide bonds. The van der Waals surface area contributed by atoms with E-state index in [0.717, 1.165) is 12.8 Å². The molecule has 0 unspecified atom stereocenters. The molecule has 0 saturated heterocycles. The summed E-state index contributed by atoms with van der Waals surface area (Å²) in [4.78, 5) is 39.5. The number of nitrogens with one attached hydrogen (secondary N) is 2. The smallest absolute Gasteiger partial charge is 0.322 e. The predicted octanol–water partition coefficient (Wildman–Crippen LogP) is 2.62. The lowest BCUT2D eigenvalue weighted by molar-refractivity contribution is -0.126. The Kier molecular flexibility index (Phi) is 5.64. The molecule has 0 spiro atoms. The summed E-state index contributed by atoms with van der Waals surface area (Å²) in [7, 11) is 0. The SMILES string of the molecule is CCCCn1c(S[C@H](C)C(=O)N2c3ccccc3NC(=O)C2(C)C)n[nH]c1=O. The Morgan fingerprint density at radius 2 is 2.00 bits per heavy atom. The Morgan fingerprint density at radius 1 is 1.29 bits per heavy atom. The number of hydrogen-bond acceptors (Lipinski definition) is 5. The molecule has 0 radical (unpaired) electrons. The molecule has 28 heavy (non-hydrogen) atoms. The van der Waals surface area contributed by atoms with Crippen LogP contribution in [0.1, 0.15) is 40.5 Å². The number of aromatic nitrogens is 3. The van der Waals surface area contributed by atoms with Crippen molar-refractivity contribution in [1.82, 2.24) is 14.8 Å². The standard InChI is InChI=1S/C19H25N5O3S/c1-5-6-11-23-17(27)21-22-18(23)28-12(2)15(25)24-14-10-8-7-9-13(14)20-16(26)19(24,3)4/h7-10,12H,5-6,11H2,1-4H3,(H,20,26)(H,21,27)/t12-/m1/s1. The van der Waals surface area contributed by atoms with Crippen molar-refractivity contribution in [3.63, 3.8) is 0 Å². The zero-order chi connectivity index (χ0) is 20.5. The number of hydrogen-bond donors (Lipinski definition) is 2. The van der Waals surface area contributed by atoms with Crippen LogP contribution in [0.3, 0.4) is 0 Å². The van der Waals surface area contributed by atoms with Crippen molar-refractivity contribution in [3.8, 4) is 0 Å². The molecule has 3 rings (SSSR count). The summed E-state index contributed by atoms with van der Waals surface area (Å²) in [5.74, 6) is -0.453. The van der Waals surface area contributed by atoms with Gasteiger partial charge in [0, 0.05) is 6.54 Å². The minimum atomic E-state index is -1.03. The fraction of sp³-hybridized carbons (Fsp3) is 0.474. The fourth-order valence-corrected chi connectivity index (χ4v) is 4.07. The molecule has 2 heterocycles. The summed E-state index contributed by atoms with van der Waals surface area (Å²) in [6, 6.07) is 7.24. The maximum Gasteiger partial charge on any atom is 0.343 e. The van der Waals surface area contributed by atoms with Crippen LogP contribution in [0.4, 0.5) is 11.4 Å². The average molecular weight is 404 g/mol. The largest absolute Gasteiger partial charge is 0.343 e. The van der Waals surface area contributed by atoms with Crippen molar-refractivity contribution in [2.45, 2.75) is 63.0 Å². The molecule has 1 aliphatic rings. The van der Waals surface area contributed by atoms with Crippen LogP contribution in [0.5, 0.6) is 0 Å². The number of rotatable bonds is 6. The molecule has 1 aliphatic heterocycles. The number of carbonyl (C=O) groups is 2. The van der Waals surface area contributed by atoms with E-state index < -0.39 is 10.8 Å². The van der Waals surface area contributed by atoms with Gasteiger partial charge in [-0.05, 0) is 39.3 Å². The van der Waals surface area contributed by atoms with Crippen LogP contribution in [0, 0.1) is 0 Å². The van der Waals surface area contributed by atoms with Gasteiger partial charge in [-0.2, -0.15) is 0 Å². The Labute approximate surface area is 167 Å². The first-order chi connectivity index (χ1) is 13.3. The number of nitrogens with zero attached hydrogens (tertiary/aromatic N) is 3. The van der Waals surface area contributed by atoms with Gasteiger partial charge in [0.25, 0.3) is 0 Å². The first-order valence-corrected chi connectivity index (χ1v) is 10.2. The molecule has 0 aliphatic carbocycles. The van der Waals surface area contributed by atoms with Crippen molar-refractivity contribution in [3.05, 3.63) is 34.7 Å². The highest BCUT2D eigenvalue weighted by Gasteiger charge is 2.44. The van der Waals surface area contributed by atoms with Gasteiger partial charge in [-0.1, -0.05) is 37.2 Å². The summed E-state index contributed by atoms with van der Waals surface area (Å²) in [5, 5.41) is 9.33. The number of carbonyl (C=O) groups excluding carboxylic acids is 2. The molecule has 1 aromatic heterocycles. The van der Waals surface area contributed by atoms with E-state index in [1.165, 1.54) is 11.8 Å². The van der Waals surface area contributed by atoms with Gasteiger partial charge in [-0.15, -0.1) is 5.10 Å². The zero-order valence-electron chi connectivity index (χ0n) is 16.5. The third kappa shape index (κ3) is 3.58. The number of anilines is 2. The van der Waals surface area contributed by atoms with Gasteiger partial charge in [0.05, 0.1) is 16.6 Å². The van der Waals surface area contributed by atoms with Crippen molar-refractivity contribution in [2.75, 3.05) is 10.2 Å². The Balaban J connectivity index is 1.89. The van der Waals surface area contributed by atoms with E-state index >= 15 is 0 Å². The molecule has 2 N–H and O–H groups in total. The van der Waals surface area contributed by atoms with Gasteiger partial charge in [-0.25, -0.2) is 9.89 Å². The van der Waals surface area contributed by atoms with Crippen molar-refractivity contribution in [1.29, 1.82) is 0 Å². The highest BCUT2D eigenvalue weighted by molar-refractivity contribution is 8.00. The average Bonchev–Trinajstić information content (AvgIpc) is 2.99. The van der Waals surface area contributed by atoms with Crippen LogP contribution in [0.15, 0.2) is 34.2 Å². The minimum absolute atomic E-state index is 0.213. The van der Waals surface area contributed by atoms with Gasteiger partial charge in [0.1, 0.15) is 5.54 Å². The quantitative estimate of drug-likeness (QED) is 0.722. The molecule has 1 aromatic carbocycles. The van der Waals surface area contributed by atoms with Gasteiger partial charge in [0.2, 0.25) is 11.8 Å². The second kappa shape index (κ2) is 7.83. The predicted molar refractivity (Wildman–Crippen MR) is 110 cm³/mol. The molecule has 0 saturated carbocycles. The summed E-state index contributed by atoms with van der Waals surface area (Å²) < 4.78 is 1.56. The zero-order valence-corrected chi connectivity index (χ0v) is 17.3. The number of amides is 2. The maximum absolute atomic E-state index is 13.4. The first-order valence-electron chi connectivity index (χ1n) is 9.33. The van der Waals surface area contributed by atoms with Crippen LogP contribution >= 0.6 is 11.8 Å². The minimum Gasteiger partial charge on any atom is -0.322 e. The lowest BCUT2D eigenvalue weighted by Crippen LogP contribution is -2.60. The third-order valence-corrected chi connectivity index (χ3v) is 5.89. The fourth-order valence-electron chi connectivity index (χ4n) is 3.14. The van der Waals surface area contributed by atoms with Gasteiger partial charge >= 0.3 is 5.69 Å². The molecule has 0 fully saturated rings. The summed E-state index contributed by atoms with van der Waals surface area (Å²) in [6.07, 6.45) is 1.80. The van der Waals surface area contributed by atoms with E-state index in [-0.39, 0.29) is 17.5 Å². The number of unbranched alkanes of at least 4 members (excludes halogenated alkanes) is 1. The molecular weight excluding hydrogens is 378 g/mol. The van der Waals surface area contributed by atoms with E-state index in [0.29, 0.717) is 23.1 Å². The van der Waals surface area contributed by atoms with Crippen LogP contribution < -0.4 is 15.9 Å². The van der Waals surface area contributed by atoms with E-state index in [2.05, 4.69) is 15.5 Å². The highest BCUT2D eigenvalue weighted by Crippen LogP contribution is 2.38. The Hall–Kier alpha value is -2.55. The normalized spacial score (nSPS) is 16.4. The number of para-hydroxylation sites is 2. The third-order valence-electron chi connectivity index (χ3n) is 4.82. The molecule has 2 aromatic rings. The molecule has 150 valence electrons. The van der Waals surface area contributed by atoms with Crippen LogP contribution in [0.25, 0.3) is 0 Å². The van der Waals surface area contributed by atoms with Crippen LogP contribution in [-0.4, -0.2) is 37.4 Å². The monoisotopic (exact) mass is 403 g/mol. The molecule has 1 atom stereocenters. The number of thioether (sulfide) groups is 1. The lowest BCUT2D eigenvalue weighted by Gasteiger charge is -2.43. The topological polar surface area (TPSA) is 100 Å². The Bertz CT molecular complexity index is 949. The van der Waals surface area contributed by atoms with Crippen molar-refractivity contribution >= 4 is 35.0 Å². The van der Waals surface area contributed by atoms with E-state index in [9.17, 15) is 14.4 Å². The molecule has 0 bridgehead atoms. The molecule has 9 heteroatoms. The van der Waals surface area contributed by atoms with Crippen LogP contribution in [0.2, 0.25) is 0 Å². The van der Waals surface area contributed by atoms with E-state index in [4.69, 9.17) is 0 Å². The second-order valence-electron chi connectivity index (χ2n) is 7.28. The summed E-state index contributed by atoms with van der Waals surface area (Å²) >= 11 is 1.22. The summed E-state index contributed by atoms with van der Waals surface area (Å²) in [5.41, 5.74) is -0.0427. The number of benzene rings is 1. The second-order valence-corrected chi connectivity index (χ2v) is 8.59. The molecular formula is C19H25N5O3S. The molecule has 8 nitrogen and oxygen atoms in total. The van der Waals surface area contributed by atoms with Crippen molar-refractivity contribution in [2.24, 2.45) is 0 Å².